The van der Waals surface area contributed by atoms with Gasteiger partial charge in [0.25, 0.3) is 23.0 Å². The third-order valence-corrected chi connectivity index (χ3v) is 5.87. The van der Waals surface area contributed by atoms with Crippen molar-refractivity contribution < 1.29 is 32.2 Å². The minimum Gasteiger partial charge on any atom is -0.393 e. The summed E-state index contributed by atoms with van der Waals surface area (Å²) in [7, 11) is -4.67. The lowest BCUT2D eigenvalue weighted by Gasteiger charge is -2.07. The van der Waals surface area contributed by atoms with Crippen molar-refractivity contribution in [3.63, 3.8) is 0 Å². The van der Waals surface area contributed by atoms with E-state index in [1.54, 1.807) is 22.9 Å². The van der Waals surface area contributed by atoms with E-state index in [0.29, 0.717) is 16.8 Å². The Morgan fingerprint density at radius 2 is 1.26 bits per heavy atom. The maximum atomic E-state index is 11.6. The number of carbonyl (C=O) groups excluding carboxylic acids is 1. The summed E-state index contributed by atoms with van der Waals surface area (Å²) in [5.41, 5.74) is 18.9. The molecule has 0 spiro atoms. The van der Waals surface area contributed by atoms with E-state index in [1.807, 2.05) is 27.7 Å². The number of amides is 1. The number of nitrogens with zero attached hydrogens (tertiary/aromatic N) is 7. The lowest BCUT2D eigenvalue weighted by Crippen LogP contribution is -2.15. The fraction of sp³-hybridized carbons (Fsp3) is 0.231. The molecule has 0 bridgehead atoms. The van der Waals surface area contributed by atoms with Crippen LogP contribution in [0.15, 0.2) is 48.5 Å². The summed E-state index contributed by atoms with van der Waals surface area (Å²) >= 11 is 0. The molecule has 0 fully saturated rings. The quantitative estimate of drug-likeness (QED) is 0.0804. The van der Waals surface area contributed by atoms with Crippen molar-refractivity contribution in [3.8, 4) is 22.5 Å². The molecule has 0 atom stereocenters. The Balaban J connectivity index is 0.000000280. The maximum Gasteiger partial charge on any atom is 0.394 e. The van der Waals surface area contributed by atoms with E-state index in [4.69, 9.17) is 41.3 Å². The van der Waals surface area contributed by atoms with Gasteiger partial charge in [0.1, 0.15) is 28.6 Å². The number of benzene rings is 2. The molecule has 0 saturated carbocycles. The third-order valence-electron chi connectivity index (χ3n) is 5.87. The molecule has 0 aliphatic rings. The molecule has 244 valence electrons. The average molecular weight is 659 g/mol. The van der Waals surface area contributed by atoms with Crippen molar-refractivity contribution in [2.75, 3.05) is 11.5 Å². The summed E-state index contributed by atoms with van der Waals surface area (Å²) in [4.78, 5) is 35.7. The van der Waals surface area contributed by atoms with Gasteiger partial charge < -0.3 is 17.2 Å². The highest BCUT2D eigenvalue weighted by Crippen LogP contribution is 2.37. The average Bonchev–Trinajstić information content (AvgIpc) is 3.49. The van der Waals surface area contributed by atoms with E-state index in [-0.39, 0.29) is 52.0 Å². The van der Waals surface area contributed by atoms with Gasteiger partial charge >= 0.3 is 10.4 Å². The number of anilines is 2. The Labute approximate surface area is 261 Å². The van der Waals surface area contributed by atoms with Gasteiger partial charge in [0.15, 0.2) is 0 Å². The number of nitro benzene ring substituents is 2. The van der Waals surface area contributed by atoms with Gasteiger partial charge in [0, 0.05) is 41.9 Å². The molecule has 4 rings (SSSR count). The van der Waals surface area contributed by atoms with Gasteiger partial charge in [-0.25, -0.2) is 9.53 Å². The number of aromatic nitrogens is 4. The molecular formula is C26H30N10O9S. The van der Waals surface area contributed by atoms with Crippen molar-refractivity contribution in [1.29, 1.82) is 0 Å². The number of nitrogens with two attached hydrogens (primary N) is 3. The second-order valence-electron chi connectivity index (χ2n) is 9.81. The van der Waals surface area contributed by atoms with Gasteiger partial charge in [-0.15, -0.1) is 0 Å². The fourth-order valence-corrected chi connectivity index (χ4v) is 3.96. The first kappa shape index (κ1) is 36.3. The summed E-state index contributed by atoms with van der Waals surface area (Å²) < 4.78 is 34.6. The predicted octanol–water partition coefficient (Wildman–Crippen LogP) is 4.24. The third kappa shape index (κ3) is 9.05. The standard InChI is InChI=1S/C13H15N5O3.C13H13N5O2.H2O4S/c1-7(2)17-12(14)10(13(15)19)11(16-17)8-4-3-5-9(6-8)18(20)21;1-8(2)17-13(14)12(15-3)11(16-17)9-5-4-6-10(7-9)18(19)20;1-5(2,3)4/h3-7H,14H2,1-2H3,(H2,15,19);4-8H,14H2,1-2H3;(H2,1,2,3,4). The molecule has 19 nitrogen and oxygen atoms in total. The number of carbonyl (C=O) groups is 1. The van der Waals surface area contributed by atoms with Crippen LogP contribution in [0.5, 0.6) is 0 Å². The largest absolute Gasteiger partial charge is 0.394 e. The van der Waals surface area contributed by atoms with Crippen LogP contribution < -0.4 is 17.2 Å². The van der Waals surface area contributed by atoms with E-state index in [2.05, 4.69) is 15.0 Å². The maximum absolute atomic E-state index is 11.6. The van der Waals surface area contributed by atoms with Crippen LogP contribution in [0.25, 0.3) is 27.4 Å². The highest BCUT2D eigenvalue weighted by Gasteiger charge is 2.24. The summed E-state index contributed by atoms with van der Waals surface area (Å²) in [5, 5.41) is 30.2. The zero-order valence-corrected chi connectivity index (χ0v) is 25.6. The number of nitrogen functional groups attached to an aromatic ring is 2. The lowest BCUT2D eigenvalue weighted by molar-refractivity contribution is -0.385. The van der Waals surface area contributed by atoms with E-state index < -0.39 is 26.2 Å². The smallest absolute Gasteiger partial charge is 0.393 e. The van der Waals surface area contributed by atoms with E-state index >= 15 is 0 Å². The molecule has 2 aromatic heterocycles. The molecule has 0 unspecified atom stereocenters. The Kier molecular flexibility index (Phi) is 11.6. The molecule has 0 radical (unpaired) electrons. The predicted molar refractivity (Wildman–Crippen MR) is 167 cm³/mol. The van der Waals surface area contributed by atoms with E-state index in [1.165, 1.54) is 35.0 Å². The molecule has 0 saturated heterocycles. The van der Waals surface area contributed by atoms with Crippen LogP contribution in [0.3, 0.4) is 0 Å². The Hall–Kier alpha value is -5.91. The van der Waals surface area contributed by atoms with Crippen LogP contribution >= 0.6 is 0 Å². The number of hydrogen-bond acceptors (Lipinski definition) is 11. The molecule has 8 N–H and O–H groups in total. The van der Waals surface area contributed by atoms with Gasteiger partial charge in [-0.05, 0) is 33.3 Å². The second-order valence-corrected chi connectivity index (χ2v) is 10.7. The molecule has 2 heterocycles. The van der Waals surface area contributed by atoms with Crippen LogP contribution in [0, 0.1) is 26.8 Å². The second kappa shape index (κ2) is 14.7. The van der Waals surface area contributed by atoms with E-state index in [0.717, 1.165) is 0 Å². The van der Waals surface area contributed by atoms with Crippen LogP contribution in [-0.2, 0) is 10.4 Å². The van der Waals surface area contributed by atoms with Crippen LogP contribution in [0.4, 0.5) is 28.7 Å². The first-order valence-corrected chi connectivity index (χ1v) is 14.3. The summed E-state index contributed by atoms with van der Waals surface area (Å²) in [6.45, 7) is 14.7. The lowest BCUT2D eigenvalue weighted by atomic mass is 10.1. The zero-order chi connectivity index (χ0) is 35.1. The molecule has 0 aliphatic heterocycles. The first-order valence-electron chi connectivity index (χ1n) is 12.9. The van der Waals surface area contributed by atoms with Gasteiger partial charge in [0.05, 0.1) is 16.4 Å². The monoisotopic (exact) mass is 658 g/mol. The van der Waals surface area contributed by atoms with Crippen LogP contribution in [0.1, 0.15) is 50.1 Å². The molecular weight excluding hydrogens is 628 g/mol. The molecule has 46 heavy (non-hydrogen) atoms. The minimum atomic E-state index is -4.67. The normalized spacial score (nSPS) is 10.8. The van der Waals surface area contributed by atoms with E-state index in [9.17, 15) is 25.0 Å². The fourth-order valence-electron chi connectivity index (χ4n) is 3.96. The minimum absolute atomic E-state index is 0.00273. The van der Waals surface area contributed by atoms with Gasteiger partial charge in [-0.1, -0.05) is 24.3 Å². The highest BCUT2D eigenvalue weighted by atomic mass is 32.3. The summed E-state index contributed by atoms with van der Waals surface area (Å²) in [5.74, 6) is -0.295. The zero-order valence-electron chi connectivity index (χ0n) is 24.8. The van der Waals surface area contributed by atoms with Crippen molar-refractivity contribution in [2.45, 2.75) is 39.8 Å². The van der Waals surface area contributed by atoms with Gasteiger partial charge in [-0.3, -0.25) is 38.8 Å². The van der Waals surface area contributed by atoms with Gasteiger partial charge in [0.2, 0.25) is 0 Å². The molecule has 1 amide bonds. The van der Waals surface area contributed by atoms with Crippen molar-refractivity contribution in [1.82, 2.24) is 19.6 Å². The SMILES string of the molecule is CC(C)n1nc(-c2cccc([N+](=O)[O-])c2)c(C(N)=O)c1N.O=S(=O)(O)O.[C-]#[N+]c1c(-c2cccc([N+](=O)[O-])c2)nn(C(C)C)c1N. The summed E-state index contributed by atoms with van der Waals surface area (Å²) in [6, 6.07) is 11.8. The van der Waals surface area contributed by atoms with Crippen molar-refractivity contribution >= 4 is 45.0 Å². The molecule has 20 heteroatoms. The number of primary amides is 1. The first-order chi connectivity index (χ1) is 21.3. The van der Waals surface area contributed by atoms with Crippen LogP contribution in [-0.4, -0.2) is 52.8 Å². The van der Waals surface area contributed by atoms with Crippen molar-refractivity contribution in [2.24, 2.45) is 5.73 Å². The summed E-state index contributed by atoms with van der Waals surface area (Å²) in [6.07, 6.45) is 0. The van der Waals surface area contributed by atoms with Crippen LogP contribution in [0.2, 0.25) is 0 Å². The number of rotatable bonds is 7. The van der Waals surface area contributed by atoms with Gasteiger partial charge in [-0.2, -0.15) is 18.6 Å². The van der Waals surface area contributed by atoms with Crippen molar-refractivity contribution in [3.05, 3.63) is 85.7 Å². The number of nitro groups is 2. The molecule has 4 aromatic rings. The molecule has 2 aromatic carbocycles. The number of hydrogen-bond donors (Lipinski definition) is 5. The number of non-ortho nitro benzene ring substituents is 2. The Bertz CT molecular complexity index is 1920. The highest BCUT2D eigenvalue weighted by molar-refractivity contribution is 7.79. The Morgan fingerprint density at radius 1 is 0.870 bits per heavy atom. The molecule has 0 aliphatic carbocycles. The topological polar surface area (TPSA) is 296 Å². The Morgan fingerprint density at radius 3 is 1.63 bits per heavy atom.